The molecule has 0 amide bonds. The summed E-state index contributed by atoms with van der Waals surface area (Å²) in [5.41, 5.74) is 0.0983. The molecule has 8 heteroatoms. The highest BCUT2D eigenvalue weighted by Crippen LogP contribution is 2.02. The van der Waals surface area contributed by atoms with Gasteiger partial charge in [-0.05, 0) is 12.1 Å². The van der Waals surface area contributed by atoms with Crippen molar-refractivity contribution < 1.29 is 17.9 Å². The van der Waals surface area contributed by atoms with Crippen LogP contribution in [0.1, 0.15) is 10.5 Å². The van der Waals surface area contributed by atoms with Gasteiger partial charge in [0.15, 0.2) is 5.69 Å². The van der Waals surface area contributed by atoms with Crippen LogP contribution in [-0.2, 0) is 14.6 Å². The highest BCUT2D eigenvalue weighted by molar-refractivity contribution is 7.90. The van der Waals surface area contributed by atoms with E-state index >= 15 is 0 Å². The van der Waals surface area contributed by atoms with Gasteiger partial charge < -0.3 is 10.1 Å². The second kappa shape index (κ2) is 5.58. The zero-order chi connectivity index (χ0) is 12.9. The normalized spacial score (nSPS) is 10.9. The minimum absolute atomic E-state index is 0.00737. The molecule has 7 nitrogen and oxygen atoms in total. The van der Waals surface area contributed by atoms with Crippen molar-refractivity contribution in [3.05, 3.63) is 17.8 Å². The van der Waals surface area contributed by atoms with E-state index in [0.717, 1.165) is 6.26 Å². The van der Waals surface area contributed by atoms with Gasteiger partial charge in [-0.2, -0.15) is 0 Å². The predicted molar refractivity (Wildman–Crippen MR) is 61.6 cm³/mol. The van der Waals surface area contributed by atoms with E-state index in [9.17, 15) is 13.2 Å². The maximum Gasteiger partial charge on any atom is 0.358 e. The molecule has 1 aromatic rings. The van der Waals surface area contributed by atoms with Crippen LogP contribution in [-0.4, -0.2) is 50.2 Å². The Morgan fingerprint density at radius 3 is 2.59 bits per heavy atom. The standard InChI is InChI=1S/C9H13N3O4S/c1-16-9(13)7-3-4-8(12-11-7)10-5-6-17(2,14)15/h3-4H,5-6H2,1-2H3,(H,10,12). The summed E-state index contributed by atoms with van der Waals surface area (Å²) in [5.74, 6) is -0.158. The Morgan fingerprint density at radius 1 is 1.41 bits per heavy atom. The average Bonchev–Trinajstić information content (AvgIpc) is 2.27. The molecule has 1 heterocycles. The van der Waals surface area contributed by atoms with E-state index in [4.69, 9.17) is 0 Å². The topological polar surface area (TPSA) is 98.2 Å². The smallest absolute Gasteiger partial charge is 0.358 e. The predicted octanol–water partition coefficient (Wildman–Crippen LogP) is -0.280. The van der Waals surface area contributed by atoms with Crippen LogP contribution in [0, 0.1) is 0 Å². The number of anilines is 1. The number of carbonyl (C=O) groups excluding carboxylic acids is 1. The number of ether oxygens (including phenoxy) is 1. The van der Waals surface area contributed by atoms with Crippen molar-refractivity contribution in [3.63, 3.8) is 0 Å². The van der Waals surface area contributed by atoms with Gasteiger partial charge in [-0.1, -0.05) is 0 Å². The monoisotopic (exact) mass is 259 g/mol. The summed E-state index contributed by atoms with van der Waals surface area (Å²) in [6.45, 7) is 0.241. The van der Waals surface area contributed by atoms with Crippen LogP contribution >= 0.6 is 0 Å². The van der Waals surface area contributed by atoms with Gasteiger partial charge in [0.05, 0.1) is 12.9 Å². The van der Waals surface area contributed by atoms with Crippen LogP contribution in [0.15, 0.2) is 12.1 Å². The van der Waals surface area contributed by atoms with Gasteiger partial charge in [0.1, 0.15) is 15.7 Å². The van der Waals surface area contributed by atoms with Gasteiger partial charge in [0.2, 0.25) is 0 Å². The Bertz CT molecular complexity index is 483. The number of carbonyl (C=O) groups is 1. The first-order valence-corrected chi connectivity index (χ1v) is 6.82. The molecule has 0 aliphatic rings. The number of aromatic nitrogens is 2. The van der Waals surface area contributed by atoms with Crippen molar-refractivity contribution in [2.24, 2.45) is 0 Å². The zero-order valence-electron chi connectivity index (χ0n) is 9.50. The first-order valence-electron chi connectivity index (χ1n) is 4.76. The van der Waals surface area contributed by atoms with E-state index in [1.54, 1.807) is 0 Å². The molecule has 0 bridgehead atoms. The summed E-state index contributed by atoms with van der Waals surface area (Å²) in [6.07, 6.45) is 1.15. The van der Waals surface area contributed by atoms with Crippen molar-refractivity contribution in [3.8, 4) is 0 Å². The van der Waals surface area contributed by atoms with Crippen molar-refractivity contribution in [2.45, 2.75) is 0 Å². The maximum atomic E-state index is 11.0. The van der Waals surface area contributed by atoms with E-state index in [1.807, 2.05) is 0 Å². The second-order valence-corrected chi connectivity index (χ2v) is 5.61. The molecule has 17 heavy (non-hydrogen) atoms. The van der Waals surface area contributed by atoms with Crippen LogP contribution in [0.2, 0.25) is 0 Å². The molecule has 1 N–H and O–H groups in total. The minimum atomic E-state index is -3.00. The summed E-state index contributed by atoms with van der Waals surface area (Å²) >= 11 is 0. The molecule has 0 aliphatic heterocycles. The zero-order valence-corrected chi connectivity index (χ0v) is 10.3. The Balaban J connectivity index is 2.54. The number of methoxy groups -OCH3 is 1. The Labute approximate surface area is 99.1 Å². The molecule has 0 saturated heterocycles. The number of sulfone groups is 1. The molecule has 0 atom stereocenters. The van der Waals surface area contributed by atoms with E-state index in [-0.39, 0.29) is 18.0 Å². The SMILES string of the molecule is COC(=O)c1ccc(NCCS(C)(=O)=O)nn1. The quantitative estimate of drug-likeness (QED) is 0.726. The molecule has 0 spiro atoms. The highest BCUT2D eigenvalue weighted by Gasteiger charge is 2.07. The molecular formula is C9H13N3O4S. The third kappa shape index (κ3) is 4.77. The first kappa shape index (κ1) is 13.4. The highest BCUT2D eigenvalue weighted by atomic mass is 32.2. The van der Waals surface area contributed by atoms with E-state index in [2.05, 4.69) is 20.3 Å². The van der Waals surface area contributed by atoms with Crippen LogP contribution < -0.4 is 5.32 Å². The number of rotatable bonds is 5. The second-order valence-electron chi connectivity index (χ2n) is 3.35. The van der Waals surface area contributed by atoms with Gasteiger partial charge >= 0.3 is 5.97 Å². The summed E-state index contributed by atoms with van der Waals surface area (Å²) in [5, 5.41) is 10.1. The van der Waals surface area contributed by atoms with E-state index in [0.29, 0.717) is 5.82 Å². The van der Waals surface area contributed by atoms with Crippen molar-refractivity contribution in [1.82, 2.24) is 10.2 Å². The molecule has 1 aromatic heterocycles. The minimum Gasteiger partial charge on any atom is -0.464 e. The van der Waals surface area contributed by atoms with Gasteiger partial charge in [0.25, 0.3) is 0 Å². The number of nitrogens with zero attached hydrogens (tertiary/aromatic N) is 2. The van der Waals surface area contributed by atoms with Gasteiger partial charge in [-0.25, -0.2) is 13.2 Å². The van der Waals surface area contributed by atoms with Crippen LogP contribution in [0.3, 0.4) is 0 Å². The van der Waals surface area contributed by atoms with Crippen molar-refractivity contribution in [2.75, 3.05) is 31.0 Å². The fourth-order valence-electron chi connectivity index (χ4n) is 1.00. The third-order valence-electron chi connectivity index (χ3n) is 1.84. The summed E-state index contributed by atoms with van der Waals surface area (Å²) in [6, 6.07) is 2.98. The van der Waals surface area contributed by atoms with Crippen LogP contribution in [0.5, 0.6) is 0 Å². The van der Waals surface area contributed by atoms with Crippen molar-refractivity contribution in [1.29, 1.82) is 0 Å². The maximum absolute atomic E-state index is 11.0. The number of esters is 1. The Morgan fingerprint density at radius 2 is 2.12 bits per heavy atom. The van der Waals surface area contributed by atoms with Crippen LogP contribution in [0.25, 0.3) is 0 Å². The van der Waals surface area contributed by atoms with Crippen molar-refractivity contribution >= 4 is 21.6 Å². The fourth-order valence-corrected chi connectivity index (χ4v) is 1.48. The number of hydrogen-bond donors (Lipinski definition) is 1. The molecular weight excluding hydrogens is 246 g/mol. The molecule has 94 valence electrons. The third-order valence-corrected chi connectivity index (χ3v) is 2.78. The molecule has 1 rings (SSSR count). The molecule has 0 saturated carbocycles. The molecule has 0 unspecified atom stereocenters. The van der Waals surface area contributed by atoms with Gasteiger partial charge in [0, 0.05) is 12.8 Å². The summed E-state index contributed by atoms with van der Waals surface area (Å²) in [7, 11) is -1.75. The number of hydrogen-bond acceptors (Lipinski definition) is 7. The summed E-state index contributed by atoms with van der Waals surface area (Å²) < 4.78 is 26.2. The molecule has 0 fully saturated rings. The lowest BCUT2D eigenvalue weighted by Gasteiger charge is -2.04. The number of nitrogens with one attached hydrogen (secondary N) is 1. The first-order chi connectivity index (χ1) is 7.92. The molecule has 0 aliphatic carbocycles. The Hall–Kier alpha value is -1.70. The Kier molecular flexibility index (Phi) is 4.38. The molecule has 0 aromatic carbocycles. The largest absolute Gasteiger partial charge is 0.464 e. The lowest BCUT2D eigenvalue weighted by Crippen LogP contribution is -2.15. The van der Waals surface area contributed by atoms with Gasteiger partial charge in [-0.3, -0.25) is 0 Å². The lowest BCUT2D eigenvalue weighted by molar-refractivity contribution is 0.0593. The lowest BCUT2D eigenvalue weighted by atomic mass is 10.4. The molecule has 0 radical (unpaired) electrons. The fraction of sp³-hybridized carbons (Fsp3) is 0.444. The van der Waals surface area contributed by atoms with E-state index in [1.165, 1.54) is 19.2 Å². The summed E-state index contributed by atoms with van der Waals surface area (Å²) in [4.78, 5) is 11.0. The average molecular weight is 259 g/mol. The van der Waals surface area contributed by atoms with E-state index < -0.39 is 15.8 Å². The van der Waals surface area contributed by atoms with Crippen LogP contribution in [0.4, 0.5) is 5.82 Å². The van der Waals surface area contributed by atoms with Gasteiger partial charge in [-0.15, -0.1) is 10.2 Å².